The molecular formula is C21H28N2O2. The zero-order chi connectivity index (χ0) is 17.6. The summed E-state index contributed by atoms with van der Waals surface area (Å²) in [7, 11) is 0. The van der Waals surface area contributed by atoms with Crippen molar-refractivity contribution in [3.05, 3.63) is 47.0 Å². The second kappa shape index (κ2) is 8.32. The quantitative estimate of drug-likeness (QED) is 0.808. The molecule has 2 aliphatic rings. The molecule has 1 aromatic rings. The fourth-order valence-electron chi connectivity index (χ4n) is 3.64. The molecule has 0 bridgehead atoms. The average Bonchev–Trinajstić information content (AvgIpc) is 2.99. The molecule has 1 aliphatic carbocycles. The van der Waals surface area contributed by atoms with Crippen LogP contribution in [0.2, 0.25) is 0 Å². The van der Waals surface area contributed by atoms with Crippen LogP contribution in [-0.2, 0) is 16.1 Å². The Morgan fingerprint density at radius 1 is 1.24 bits per heavy atom. The van der Waals surface area contributed by atoms with Crippen molar-refractivity contribution in [3.8, 4) is 0 Å². The predicted molar refractivity (Wildman–Crippen MR) is 98.9 cm³/mol. The number of aryl methyl sites for hydroxylation is 1. The number of hydrogen-bond acceptors (Lipinski definition) is 2. The first-order valence-corrected chi connectivity index (χ1v) is 9.41. The number of benzene rings is 1. The monoisotopic (exact) mass is 340 g/mol. The molecule has 2 amide bonds. The average molecular weight is 340 g/mol. The number of hydrogen-bond donors (Lipinski definition) is 1. The Balaban J connectivity index is 1.45. The number of allylic oxidation sites excluding steroid dienone is 1. The van der Waals surface area contributed by atoms with E-state index in [-0.39, 0.29) is 17.7 Å². The summed E-state index contributed by atoms with van der Waals surface area (Å²) in [6.07, 6.45) is 8.50. The molecule has 3 rings (SSSR count). The molecule has 1 heterocycles. The Labute approximate surface area is 150 Å². The Bertz CT molecular complexity index is 648. The molecule has 0 spiro atoms. The first kappa shape index (κ1) is 17.7. The topological polar surface area (TPSA) is 49.4 Å². The van der Waals surface area contributed by atoms with Crippen LogP contribution in [0.25, 0.3) is 0 Å². The van der Waals surface area contributed by atoms with Gasteiger partial charge in [-0.25, -0.2) is 0 Å². The van der Waals surface area contributed by atoms with E-state index in [0.717, 1.165) is 12.0 Å². The fraction of sp³-hybridized carbons (Fsp3) is 0.524. The van der Waals surface area contributed by atoms with E-state index in [1.54, 1.807) is 4.90 Å². The van der Waals surface area contributed by atoms with Crippen LogP contribution in [0.4, 0.5) is 0 Å². The molecule has 25 heavy (non-hydrogen) atoms. The lowest BCUT2D eigenvalue weighted by Crippen LogP contribution is -2.33. The van der Waals surface area contributed by atoms with Crippen molar-refractivity contribution >= 4 is 11.8 Å². The third kappa shape index (κ3) is 4.94. The number of carbonyl (C=O) groups excluding carboxylic acids is 2. The van der Waals surface area contributed by atoms with E-state index in [1.165, 1.54) is 36.8 Å². The van der Waals surface area contributed by atoms with Crippen LogP contribution in [-0.4, -0.2) is 29.8 Å². The van der Waals surface area contributed by atoms with Gasteiger partial charge in [0.15, 0.2) is 0 Å². The molecule has 1 aromatic carbocycles. The highest BCUT2D eigenvalue weighted by molar-refractivity contribution is 5.89. The molecule has 1 fully saturated rings. The first-order valence-electron chi connectivity index (χ1n) is 9.41. The largest absolute Gasteiger partial charge is 0.355 e. The maximum absolute atomic E-state index is 12.4. The summed E-state index contributed by atoms with van der Waals surface area (Å²) in [5, 5.41) is 3.03. The van der Waals surface area contributed by atoms with Gasteiger partial charge >= 0.3 is 0 Å². The molecule has 4 nitrogen and oxygen atoms in total. The number of carbonyl (C=O) groups is 2. The summed E-state index contributed by atoms with van der Waals surface area (Å²) >= 11 is 0. The minimum absolute atomic E-state index is 0.0242. The molecule has 1 aliphatic heterocycles. The number of nitrogens with zero attached hydrogens (tertiary/aromatic N) is 1. The Morgan fingerprint density at radius 2 is 2.04 bits per heavy atom. The molecule has 0 unspecified atom stereocenters. The van der Waals surface area contributed by atoms with Crippen molar-refractivity contribution in [1.29, 1.82) is 0 Å². The highest BCUT2D eigenvalue weighted by atomic mass is 16.2. The van der Waals surface area contributed by atoms with E-state index < -0.39 is 0 Å². The van der Waals surface area contributed by atoms with E-state index in [9.17, 15) is 9.59 Å². The van der Waals surface area contributed by atoms with Crippen molar-refractivity contribution in [2.45, 2.75) is 52.0 Å². The molecule has 134 valence electrons. The van der Waals surface area contributed by atoms with Crippen molar-refractivity contribution in [2.24, 2.45) is 5.92 Å². The molecule has 4 heteroatoms. The Kier molecular flexibility index (Phi) is 5.90. The smallest absolute Gasteiger partial charge is 0.225 e. The van der Waals surface area contributed by atoms with Crippen molar-refractivity contribution in [3.63, 3.8) is 0 Å². The van der Waals surface area contributed by atoms with E-state index in [1.807, 2.05) is 12.1 Å². The van der Waals surface area contributed by atoms with Gasteiger partial charge in [0.25, 0.3) is 0 Å². The van der Waals surface area contributed by atoms with Crippen LogP contribution < -0.4 is 5.32 Å². The first-order chi connectivity index (χ1) is 12.1. The van der Waals surface area contributed by atoms with Crippen LogP contribution in [0.1, 0.15) is 49.7 Å². The lowest BCUT2D eigenvalue weighted by molar-refractivity contribution is -0.129. The Morgan fingerprint density at radius 3 is 2.76 bits per heavy atom. The van der Waals surface area contributed by atoms with E-state index >= 15 is 0 Å². The van der Waals surface area contributed by atoms with Crippen LogP contribution in [0, 0.1) is 12.8 Å². The normalized spacial score (nSPS) is 20.5. The fourth-order valence-corrected chi connectivity index (χ4v) is 3.64. The zero-order valence-corrected chi connectivity index (χ0v) is 15.1. The van der Waals surface area contributed by atoms with Crippen LogP contribution >= 0.6 is 0 Å². The lowest BCUT2D eigenvalue weighted by atomic mass is 9.97. The number of amides is 2. The number of nitrogens with one attached hydrogen (secondary N) is 1. The molecule has 1 saturated heterocycles. The molecule has 1 N–H and O–H groups in total. The van der Waals surface area contributed by atoms with Gasteiger partial charge in [0.1, 0.15) is 0 Å². The van der Waals surface area contributed by atoms with Gasteiger partial charge in [0.2, 0.25) is 11.8 Å². The third-order valence-electron chi connectivity index (χ3n) is 5.21. The van der Waals surface area contributed by atoms with Crippen molar-refractivity contribution in [2.75, 3.05) is 13.1 Å². The van der Waals surface area contributed by atoms with Crippen molar-refractivity contribution in [1.82, 2.24) is 10.2 Å². The maximum atomic E-state index is 12.4. The van der Waals surface area contributed by atoms with E-state index in [4.69, 9.17) is 0 Å². The zero-order valence-electron chi connectivity index (χ0n) is 15.1. The molecule has 1 atom stereocenters. The minimum Gasteiger partial charge on any atom is -0.355 e. The number of rotatable bonds is 6. The van der Waals surface area contributed by atoms with Crippen LogP contribution in [0.15, 0.2) is 35.9 Å². The standard InChI is InChI=1S/C21H28N2O2/c1-16-7-9-18(10-8-16)14-23-15-19(13-20(23)24)21(25)22-12-11-17-5-3-2-4-6-17/h5,7-10,19H,2-4,6,11-15H2,1H3,(H,22,25)/t19-/m0/s1. The Hall–Kier alpha value is -2.10. The second-order valence-corrected chi connectivity index (χ2v) is 7.31. The van der Waals surface area contributed by atoms with Gasteiger partial charge in [-0.15, -0.1) is 0 Å². The van der Waals surface area contributed by atoms with Gasteiger partial charge in [-0.05, 0) is 44.6 Å². The predicted octanol–water partition coefficient (Wildman–Crippen LogP) is 3.35. The van der Waals surface area contributed by atoms with Gasteiger partial charge in [0.05, 0.1) is 5.92 Å². The van der Waals surface area contributed by atoms with Gasteiger partial charge in [-0.1, -0.05) is 41.5 Å². The minimum atomic E-state index is -0.210. The summed E-state index contributed by atoms with van der Waals surface area (Å²) in [5.74, 6) is -0.106. The highest BCUT2D eigenvalue weighted by Gasteiger charge is 2.34. The van der Waals surface area contributed by atoms with Gasteiger partial charge in [-0.3, -0.25) is 9.59 Å². The summed E-state index contributed by atoms with van der Waals surface area (Å²) in [4.78, 5) is 26.4. The number of likely N-dealkylation sites (tertiary alicyclic amines) is 1. The van der Waals surface area contributed by atoms with E-state index in [2.05, 4.69) is 30.4 Å². The summed E-state index contributed by atoms with van der Waals surface area (Å²) < 4.78 is 0. The molecular weight excluding hydrogens is 312 g/mol. The van der Waals surface area contributed by atoms with Gasteiger partial charge in [0, 0.05) is 26.1 Å². The van der Waals surface area contributed by atoms with Crippen LogP contribution in [0.5, 0.6) is 0 Å². The van der Waals surface area contributed by atoms with Gasteiger partial charge < -0.3 is 10.2 Å². The molecule has 0 radical (unpaired) electrons. The maximum Gasteiger partial charge on any atom is 0.225 e. The molecule has 0 aromatic heterocycles. The van der Waals surface area contributed by atoms with Crippen molar-refractivity contribution < 1.29 is 9.59 Å². The summed E-state index contributed by atoms with van der Waals surface area (Å²) in [5.41, 5.74) is 3.79. The summed E-state index contributed by atoms with van der Waals surface area (Å²) in [6.45, 7) is 3.86. The molecule has 0 saturated carbocycles. The summed E-state index contributed by atoms with van der Waals surface area (Å²) in [6, 6.07) is 8.21. The second-order valence-electron chi connectivity index (χ2n) is 7.31. The third-order valence-corrected chi connectivity index (χ3v) is 5.21. The lowest BCUT2D eigenvalue weighted by Gasteiger charge is -2.17. The van der Waals surface area contributed by atoms with Crippen LogP contribution in [0.3, 0.4) is 0 Å². The van der Waals surface area contributed by atoms with E-state index in [0.29, 0.717) is 26.1 Å². The highest BCUT2D eigenvalue weighted by Crippen LogP contribution is 2.22. The van der Waals surface area contributed by atoms with Gasteiger partial charge in [-0.2, -0.15) is 0 Å². The SMILES string of the molecule is Cc1ccc(CN2C[C@@H](C(=O)NCCC3=CCCCC3)CC2=O)cc1.